The van der Waals surface area contributed by atoms with Crippen molar-refractivity contribution in [2.45, 2.75) is 33.7 Å². The van der Waals surface area contributed by atoms with E-state index in [1.807, 2.05) is 32.0 Å². The Balaban J connectivity index is 2.55. The summed E-state index contributed by atoms with van der Waals surface area (Å²) < 4.78 is 4.86. The van der Waals surface area contributed by atoms with Gasteiger partial charge in [-0.15, -0.1) is 0 Å². The van der Waals surface area contributed by atoms with Crippen molar-refractivity contribution in [1.29, 1.82) is 0 Å². The van der Waals surface area contributed by atoms with Crippen LogP contribution in [0.2, 0.25) is 0 Å². The van der Waals surface area contributed by atoms with E-state index in [1.54, 1.807) is 0 Å². The van der Waals surface area contributed by atoms with Crippen LogP contribution in [0.3, 0.4) is 0 Å². The van der Waals surface area contributed by atoms with Crippen LogP contribution in [-0.4, -0.2) is 19.6 Å². The topological polar surface area (TPSA) is 38.3 Å². The first-order valence-electron chi connectivity index (χ1n) is 6.76. The molecule has 0 bridgehead atoms. The Kier molecular flexibility index (Phi) is 5.55. The van der Waals surface area contributed by atoms with E-state index in [-0.39, 0.29) is 17.9 Å². The molecule has 0 fully saturated rings. The summed E-state index contributed by atoms with van der Waals surface area (Å²) in [6, 6.07) is 10.6. The van der Waals surface area contributed by atoms with Crippen LogP contribution in [0, 0.1) is 11.3 Å². The fourth-order valence-corrected chi connectivity index (χ4v) is 1.93. The number of nitrogens with one attached hydrogen (secondary N) is 1. The summed E-state index contributed by atoms with van der Waals surface area (Å²) in [4.78, 5) is 11.7. The zero-order valence-corrected chi connectivity index (χ0v) is 12.6. The van der Waals surface area contributed by atoms with E-state index < -0.39 is 5.41 Å². The molecule has 0 amide bonds. The highest BCUT2D eigenvalue weighted by Crippen LogP contribution is 2.28. The van der Waals surface area contributed by atoms with Crippen molar-refractivity contribution in [2.75, 3.05) is 13.7 Å². The van der Waals surface area contributed by atoms with E-state index in [1.165, 1.54) is 12.7 Å². The Morgan fingerprint density at radius 1 is 1.26 bits per heavy atom. The van der Waals surface area contributed by atoms with E-state index in [2.05, 4.69) is 31.3 Å². The molecule has 0 aliphatic heterocycles. The standard InChI is InChI=1S/C16H25NO2/c1-12(16(3,4)15(18)19-5)11-17-13(2)14-9-7-6-8-10-14/h6-10,12-13,17H,11H2,1-5H3/t12-,13+/m0/s1. The molecule has 0 aromatic heterocycles. The summed E-state index contributed by atoms with van der Waals surface area (Å²) in [7, 11) is 1.44. The minimum absolute atomic E-state index is 0.158. The summed E-state index contributed by atoms with van der Waals surface area (Å²) in [5, 5.41) is 3.48. The number of rotatable bonds is 6. The van der Waals surface area contributed by atoms with E-state index >= 15 is 0 Å². The van der Waals surface area contributed by atoms with Gasteiger partial charge in [0.2, 0.25) is 0 Å². The minimum atomic E-state index is -0.474. The zero-order valence-electron chi connectivity index (χ0n) is 12.6. The van der Waals surface area contributed by atoms with Crippen molar-refractivity contribution >= 4 is 5.97 Å². The third-order valence-electron chi connectivity index (χ3n) is 3.97. The monoisotopic (exact) mass is 263 g/mol. The van der Waals surface area contributed by atoms with Gasteiger partial charge in [-0.3, -0.25) is 4.79 Å². The molecule has 0 heterocycles. The van der Waals surface area contributed by atoms with Crippen LogP contribution in [0.25, 0.3) is 0 Å². The lowest BCUT2D eigenvalue weighted by molar-refractivity contribution is -0.153. The number of hydrogen-bond donors (Lipinski definition) is 1. The van der Waals surface area contributed by atoms with Crippen LogP contribution in [-0.2, 0) is 9.53 Å². The van der Waals surface area contributed by atoms with Crippen LogP contribution in [0.5, 0.6) is 0 Å². The van der Waals surface area contributed by atoms with Crippen molar-refractivity contribution in [3.8, 4) is 0 Å². The smallest absolute Gasteiger partial charge is 0.311 e. The van der Waals surface area contributed by atoms with Crippen molar-refractivity contribution in [2.24, 2.45) is 11.3 Å². The summed E-state index contributed by atoms with van der Waals surface area (Å²) in [5.74, 6) is 0.0419. The molecule has 2 atom stereocenters. The molecule has 1 rings (SSSR count). The molecule has 19 heavy (non-hydrogen) atoms. The summed E-state index contributed by atoms with van der Waals surface area (Å²) >= 11 is 0. The van der Waals surface area contributed by atoms with Crippen LogP contribution in [0.1, 0.15) is 39.3 Å². The van der Waals surface area contributed by atoms with Crippen molar-refractivity contribution in [3.63, 3.8) is 0 Å². The molecule has 0 unspecified atom stereocenters. The first-order chi connectivity index (χ1) is 8.89. The molecular formula is C16H25NO2. The van der Waals surface area contributed by atoms with Crippen LogP contribution in [0.15, 0.2) is 30.3 Å². The van der Waals surface area contributed by atoms with Gasteiger partial charge < -0.3 is 10.1 Å². The van der Waals surface area contributed by atoms with Gasteiger partial charge in [0.05, 0.1) is 12.5 Å². The van der Waals surface area contributed by atoms with Gasteiger partial charge in [-0.1, -0.05) is 37.3 Å². The zero-order chi connectivity index (χ0) is 14.5. The number of carbonyl (C=O) groups is 1. The molecule has 0 saturated heterocycles. The summed E-state index contributed by atoms with van der Waals surface area (Å²) in [6.45, 7) is 8.84. The van der Waals surface area contributed by atoms with Crippen molar-refractivity contribution in [1.82, 2.24) is 5.32 Å². The van der Waals surface area contributed by atoms with E-state index in [0.29, 0.717) is 0 Å². The minimum Gasteiger partial charge on any atom is -0.469 e. The Morgan fingerprint density at radius 3 is 2.37 bits per heavy atom. The van der Waals surface area contributed by atoms with Crippen LogP contribution < -0.4 is 5.32 Å². The van der Waals surface area contributed by atoms with E-state index in [0.717, 1.165) is 6.54 Å². The van der Waals surface area contributed by atoms with Gasteiger partial charge in [0.25, 0.3) is 0 Å². The Bertz CT molecular complexity index is 400. The first-order valence-corrected chi connectivity index (χ1v) is 6.76. The maximum absolute atomic E-state index is 11.7. The second kappa shape index (κ2) is 6.71. The molecule has 1 N–H and O–H groups in total. The Labute approximate surface area is 116 Å². The fraction of sp³-hybridized carbons (Fsp3) is 0.562. The molecule has 3 heteroatoms. The van der Waals surface area contributed by atoms with Gasteiger partial charge in [0, 0.05) is 6.04 Å². The quantitative estimate of drug-likeness (QED) is 0.801. The number of carbonyl (C=O) groups excluding carboxylic acids is 1. The third kappa shape index (κ3) is 4.06. The lowest BCUT2D eigenvalue weighted by atomic mass is 9.80. The van der Waals surface area contributed by atoms with Gasteiger partial charge in [-0.2, -0.15) is 0 Å². The number of methoxy groups -OCH3 is 1. The highest BCUT2D eigenvalue weighted by molar-refractivity contribution is 5.76. The van der Waals surface area contributed by atoms with E-state index in [9.17, 15) is 4.79 Å². The maximum Gasteiger partial charge on any atom is 0.311 e. The lowest BCUT2D eigenvalue weighted by Gasteiger charge is -2.30. The van der Waals surface area contributed by atoms with Gasteiger partial charge in [-0.05, 0) is 38.8 Å². The van der Waals surface area contributed by atoms with Gasteiger partial charge >= 0.3 is 5.97 Å². The van der Waals surface area contributed by atoms with Gasteiger partial charge in [0.15, 0.2) is 0 Å². The van der Waals surface area contributed by atoms with Gasteiger partial charge in [-0.25, -0.2) is 0 Å². The normalized spacial score (nSPS) is 14.8. The average Bonchev–Trinajstić information content (AvgIpc) is 2.44. The van der Waals surface area contributed by atoms with E-state index in [4.69, 9.17) is 4.74 Å². The SMILES string of the molecule is COC(=O)C(C)(C)[C@@H](C)CN[C@H](C)c1ccccc1. The highest BCUT2D eigenvalue weighted by atomic mass is 16.5. The number of ether oxygens (including phenoxy) is 1. The maximum atomic E-state index is 11.7. The Hall–Kier alpha value is -1.35. The molecule has 106 valence electrons. The molecule has 3 nitrogen and oxygen atoms in total. The predicted molar refractivity (Wildman–Crippen MR) is 77.8 cm³/mol. The first kappa shape index (κ1) is 15.7. The van der Waals surface area contributed by atoms with Crippen LogP contribution in [0.4, 0.5) is 0 Å². The second-order valence-electron chi connectivity index (χ2n) is 5.65. The summed E-state index contributed by atoms with van der Waals surface area (Å²) in [5.41, 5.74) is 0.781. The molecule has 0 aliphatic rings. The molecule has 0 spiro atoms. The second-order valence-corrected chi connectivity index (χ2v) is 5.65. The molecule has 1 aromatic rings. The van der Waals surface area contributed by atoms with Crippen molar-refractivity contribution < 1.29 is 9.53 Å². The number of hydrogen-bond acceptors (Lipinski definition) is 3. The largest absolute Gasteiger partial charge is 0.469 e. The number of esters is 1. The lowest BCUT2D eigenvalue weighted by Crippen LogP contribution is -2.38. The third-order valence-corrected chi connectivity index (χ3v) is 3.97. The predicted octanol–water partition coefficient (Wildman–Crippen LogP) is 3.17. The molecule has 0 saturated carbocycles. The van der Waals surface area contributed by atoms with Crippen molar-refractivity contribution in [3.05, 3.63) is 35.9 Å². The molecule has 1 aromatic carbocycles. The fourth-order valence-electron chi connectivity index (χ4n) is 1.93. The number of benzene rings is 1. The highest BCUT2D eigenvalue weighted by Gasteiger charge is 2.34. The average molecular weight is 263 g/mol. The molecule has 0 aliphatic carbocycles. The molecule has 0 radical (unpaired) electrons. The van der Waals surface area contributed by atoms with Gasteiger partial charge in [0.1, 0.15) is 0 Å². The Morgan fingerprint density at radius 2 is 1.84 bits per heavy atom. The summed E-state index contributed by atoms with van der Waals surface area (Å²) in [6.07, 6.45) is 0. The van der Waals surface area contributed by atoms with Crippen LogP contribution >= 0.6 is 0 Å². The molecular weight excluding hydrogens is 238 g/mol.